The third-order valence-corrected chi connectivity index (χ3v) is 4.24. The van der Waals surface area contributed by atoms with Crippen LogP contribution < -0.4 is 0 Å². The molecule has 3 nitrogen and oxygen atoms in total. The second-order valence-corrected chi connectivity index (χ2v) is 4.62. The largest absolute Gasteiger partial charge is 0.481 e. The van der Waals surface area contributed by atoms with Crippen molar-refractivity contribution in [2.75, 3.05) is 5.88 Å². The van der Waals surface area contributed by atoms with Gasteiger partial charge in [0.05, 0.1) is 18.1 Å². The maximum Gasteiger partial charge on any atom is 0.307 e. The lowest BCUT2D eigenvalue weighted by atomic mass is 9.80. The minimum atomic E-state index is -0.688. The third-order valence-electron chi connectivity index (χ3n) is 3.89. The Labute approximate surface area is 81.0 Å². The molecule has 6 atom stereocenters. The molecule has 4 heteroatoms. The summed E-state index contributed by atoms with van der Waals surface area (Å²) in [4.78, 5) is 11.0. The molecule has 1 saturated heterocycles. The molecule has 0 radical (unpaired) electrons. The zero-order valence-corrected chi connectivity index (χ0v) is 7.78. The lowest BCUT2D eigenvalue weighted by Crippen LogP contribution is -2.34. The van der Waals surface area contributed by atoms with Gasteiger partial charge in [0.15, 0.2) is 0 Å². The minimum absolute atomic E-state index is 0.146. The first-order chi connectivity index (χ1) is 6.24. The summed E-state index contributed by atoms with van der Waals surface area (Å²) in [6.07, 6.45) is 1.62. The number of carboxylic acids is 1. The van der Waals surface area contributed by atoms with Gasteiger partial charge in [0.25, 0.3) is 0 Å². The van der Waals surface area contributed by atoms with Crippen LogP contribution in [-0.2, 0) is 9.53 Å². The molecule has 0 aromatic carbocycles. The fourth-order valence-corrected chi connectivity index (χ4v) is 3.76. The van der Waals surface area contributed by atoms with Crippen molar-refractivity contribution in [3.05, 3.63) is 0 Å². The van der Waals surface area contributed by atoms with E-state index in [0.29, 0.717) is 17.9 Å². The Bertz CT molecular complexity index is 268. The summed E-state index contributed by atoms with van der Waals surface area (Å²) >= 11 is 5.81. The lowest BCUT2D eigenvalue weighted by molar-refractivity contribution is -0.144. The first-order valence-corrected chi connectivity index (χ1v) is 5.21. The number of halogens is 1. The average molecular weight is 203 g/mol. The van der Waals surface area contributed by atoms with Gasteiger partial charge < -0.3 is 9.84 Å². The monoisotopic (exact) mass is 202 g/mol. The quantitative estimate of drug-likeness (QED) is 0.536. The SMILES string of the molecule is O=C(O)C1C(CCl)C2CC1C1OC21. The molecule has 0 spiro atoms. The number of aliphatic carboxylic acids is 1. The normalized spacial score (nSPS) is 56.4. The highest BCUT2D eigenvalue weighted by Gasteiger charge is 2.68. The summed E-state index contributed by atoms with van der Waals surface area (Å²) in [7, 11) is 0. The number of hydrogen-bond donors (Lipinski definition) is 1. The summed E-state index contributed by atoms with van der Waals surface area (Å²) in [5.41, 5.74) is 0. The second-order valence-electron chi connectivity index (χ2n) is 4.31. The molecule has 72 valence electrons. The molecule has 0 aromatic heterocycles. The molecule has 13 heavy (non-hydrogen) atoms. The molecule has 0 amide bonds. The summed E-state index contributed by atoms with van der Waals surface area (Å²) in [5, 5.41) is 9.06. The van der Waals surface area contributed by atoms with Gasteiger partial charge in [-0.2, -0.15) is 0 Å². The van der Waals surface area contributed by atoms with Crippen molar-refractivity contribution in [2.24, 2.45) is 23.7 Å². The van der Waals surface area contributed by atoms with E-state index in [4.69, 9.17) is 21.4 Å². The number of rotatable bonds is 2. The van der Waals surface area contributed by atoms with Gasteiger partial charge in [-0.3, -0.25) is 4.79 Å². The summed E-state index contributed by atoms with van der Waals surface area (Å²) in [6, 6.07) is 0. The van der Waals surface area contributed by atoms with E-state index in [1.807, 2.05) is 0 Å². The first kappa shape index (κ1) is 8.06. The molecule has 2 aliphatic carbocycles. The maximum atomic E-state index is 11.0. The van der Waals surface area contributed by atoms with E-state index in [-0.39, 0.29) is 23.9 Å². The van der Waals surface area contributed by atoms with Crippen molar-refractivity contribution >= 4 is 17.6 Å². The molecule has 3 rings (SSSR count). The van der Waals surface area contributed by atoms with Crippen LogP contribution in [0.3, 0.4) is 0 Å². The van der Waals surface area contributed by atoms with Crippen molar-refractivity contribution in [3.63, 3.8) is 0 Å². The van der Waals surface area contributed by atoms with Gasteiger partial charge in [-0.1, -0.05) is 0 Å². The number of fused-ring (bicyclic) bond motifs is 5. The van der Waals surface area contributed by atoms with Gasteiger partial charge in [-0.15, -0.1) is 11.6 Å². The topological polar surface area (TPSA) is 49.8 Å². The summed E-state index contributed by atoms with van der Waals surface area (Å²) in [5.74, 6) is 0.348. The van der Waals surface area contributed by atoms with Gasteiger partial charge in [-0.25, -0.2) is 0 Å². The van der Waals surface area contributed by atoms with Crippen LogP contribution in [0.2, 0.25) is 0 Å². The van der Waals surface area contributed by atoms with E-state index in [9.17, 15) is 4.79 Å². The molecule has 1 aliphatic heterocycles. The zero-order chi connectivity index (χ0) is 9.16. The van der Waals surface area contributed by atoms with E-state index in [1.54, 1.807) is 0 Å². The van der Waals surface area contributed by atoms with Crippen LogP contribution in [0.25, 0.3) is 0 Å². The van der Waals surface area contributed by atoms with Crippen molar-refractivity contribution in [1.82, 2.24) is 0 Å². The highest BCUT2D eigenvalue weighted by atomic mass is 35.5. The van der Waals surface area contributed by atoms with Crippen molar-refractivity contribution in [1.29, 1.82) is 0 Å². The van der Waals surface area contributed by atoms with E-state index >= 15 is 0 Å². The van der Waals surface area contributed by atoms with Crippen LogP contribution in [-0.4, -0.2) is 29.2 Å². The van der Waals surface area contributed by atoms with Crippen LogP contribution in [0.15, 0.2) is 0 Å². The van der Waals surface area contributed by atoms with Crippen LogP contribution in [0.4, 0.5) is 0 Å². The Hall–Kier alpha value is -0.280. The van der Waals surface area contributed by atoms with Crippen LogP contribution in [0, 0.1) is 23.7 Å². The Kier molecular flexibility index (Phi) is 1.48. The highest BCUT2D eigenvalue weighted by Crippen LogP contribution is 2.61. The van der Waals surface area contributed by atoms with Gasteiger partial charge >= 0.3 is 5.97 Å². The number of ether oxygens (including phenoxy) is 1. The molecule has 2 saturated carbocycles. The summed E-state index contributed by atoms with van der Waals surface area (Å²) in [6.45, 7) is 0. The molecule has 2 bridgehead atoms. The predicted molar refractivity (Wildman–Crippen MR) is 45.6 cm³/mol. The fraction of sp³-hybridized carbons (Fsp3) is 0.889. The van der Waals surface area contributed by atoms with E-state index in [0.717, 1.165) is 6.42 Å². The van der Waals surface area contributed by atoms with E-state index in [1.165, 1.54) is 0 Å². The highest BCUT2D eigenvalue weighted by molar-refractivity contribution is 6.18. The standard InChI is InChI=1S/C9H11ClO3/c10-2-5-3-1-4(6(5)9(11)12)8-7(3)13-8/h3-8H,1-2H2,(H,11,12). The van der Waals surface area contributed by atoms with E-state index < -0.39 is 5.97 Å². The molecule has 1 heterocycles. The van der Waals surface area contributed by atoms with Crippen molar-refractivity contribution in [2.45, 2.75) is 18.6 Å². The first-order valence-electron chi connectivity index (χ1n) is 4.68. The van der Waals surface area contributed by atoms with Crippen LogP contribution in [0.1, 0.15) is 6.42 Å². The van der Waals surface area contributed by atoms with E-state index in [2.05, 4.69) is 0 Å². The minimum Gasteiger partial charge on any atom is -0.481 e. The van der Waals surface area contributed by atoms with Crippen molar-refractivity contribution < 1.29 is 14.6 Å². The van der Waals surface area contributed by atoms with Crippen LogP contribution in [0.5, 0.6) is 0 Å². The van der Waals surface area contributed by atoms with Gasteiger partial charge in [0, 0.05) is 11.8 Å². The summed E-state index contributed by atoms with van der Waals surface area (Å²) < 4.78 is 5.43. The van der Waals surface area contributed by atoms with Crippen LogP contribution >= 0.6 is 11.6 Å². The predicted octanol–water partition coefficient (Wildman–Crippen LogP) is 0.959. The number of carboxylic acid groups (broad SMARTS) is 1. The molecule has 6 unspecified atom stereocenters. The smallest absolute Gasteiger partial charge is 0.307 e. The Morgan fingerprint density at radius 3 is 2.77 bits per heavy atom. The van der Waals surface area contributed by atoms with Gasteiger partial charge in [0.1, 0.15) is 0 Å². The molecule has 3 fully saturated rings. The number of epoxide rings is 1. The molecule has 0 aromatic rings. The Morgan fingerprint density at radius 1 is 1.46 bits per heavy atom. The van der Waals surface area contributed by atoms with Gasteiger partial charge in [-0.05, 0) is 18.3 Å². The molecule has 1 N–H and O–H groups in total. The Morgan fingerprint density at radius 2 is 2.15 bits per heavy atom. The number of alkyl halides is 1. The molecular formula is C9H11ClO3. The number of carbonyl (C=O) groups is 1. The number of hydrogen-bond acceptors (Lipinski definition) is 2. The molecule has 3 aliphatic rings. The fourth-order valence-electron chi connectivity index (χ4n) is 3.34. The average Bonchev–Trinajstić information content (AvgIpc) is 2.72. The van der Waals surface area contributed by atoms with Gasteiger partial charge in [0.2, 0.25) is 0 Å². The third kappa shape index (κ3) is 0.868. The lowest BCUT2D eigenvalue weighted by Gasteiger charge is -2.23. The molecular weight excluding hydrogens is 192 g/mol. The zero-order valence-electron chi connectivity index (χ0n) is 7.02. The maximum absolute atomic E-state index is 11.0. The second kappa shape index (κ2) is 2.39. The van der Waals surface area contributed by atoms with Crippen molar-refractivity contribution in [3.8, 4) is 0 Å². The Balaban J connectivity index is 1.90.